The van der Waals surface area contributed by atoms with E-state index in [0.29, 0.717) is 0 Å². The molecule has 2 aromatic rings. The third-order valence-electron chi connectivity index (χ3n) is 3.71. The van der Waals surface area contributed by atoms with E-state index in [-0.39, 0.29) is 13.0 Å². The molecule has 1 amide bonds. The van der Waals surface area contributed by atoms with Gasteiger partial charge in [-0.3, -0.25) is 9.59 Å². The van der Waals surface area contributed by atoms with Gasteiger partial charge in [0.25, 0.3) is 0 Å². The van der Waals surface area contributed by atoms with Gasteiger partial charge in [-0.25, -0.2) is 4.79 Å². The normalized spacial score (nSPS) is 11.6. The number of rotatable bonds is 7. The molecule has 1 N–H and O–H groups in total. The summed E-state index contributed by atoms with van der Waals surface area (Å²) in [5, 5.41) is 3.42. The van der Waals surface area contributed by atoms with Gasteiger partial charge in [0, 0.05) is 17.1 Å². The van der Waals surface area contributed by atoms with Crippen molar-refractivity contribution in [3.63, 3.8) is 0 Å². The number of amides is 1. The molecule has 0 saturated heterocycles. The highest BCUT2D eigenvalue weighted by Crippen LogP contribution is 2.21. The first-order chi connectivity index (χ1) is 12.0. The van der Waals surface area contributed by atoms with Crippen molar-refractivity contribution in [3.8, 4) is 5.75 Å². The third kappa shape index (κ3) is 4.50. The van der Waals surface area contributed by atoms with Crippen molar-refractivity contribution in [2.24, 2.45) is 0 Å². The molecule has 2 rings (SSSR count). The highest BCUT2D eigenvalue weighted by Gasteiger charge is 2.25. The van der Waals surface area contributed by atoms with Gasteiger partial charge in [-0.05, 0) is 24.3 Å². The van der Waals surface area contributed by atoms with Crippen LogP contribution in [0.15, 0.2) is 30.5 Å². The predicted octanol–water partition coefficient (Wildman–Crippen LogP) is 0.871. The monoisotopic (exact) mass is 348 g/mol. The summed E-state index contributed by atoms with van der Waals surface area (Å²) in [6, 6.07) is 6.26. The van der Waals surface area contributed by atoms with Crippen LogP contribution >= 0.6 is 0 Å². The van der Waals surface area contributed by atoms with Crippen LogP contribution in [0.2, 0.25) is 0 Å². The highest BCUT2D eigenvalue weighted by atomic mass is 16.5. The zero-order chi connectivity index (χ0) is 18.4. The van der Waals surface area contributed by atoms with Gasteiger partial charge in [0.2, 0.25) is 5.91 Å². The number of ether oxygens (including phenoxy) is 3. The average Bonchev–Trinajstić information content (AvgIpc) is 3.01. The lowest BCUT2D eigenvalue weighted by Crippen LogP contribution is -2.44. The Labute approximate surface area is 144 Å². The van der Waals surface area contributed by atoms with Crippen LogP contribution in [0.4, 0.5) is 0 Å². The molecule has 0 aliphatic carbocycles. The molecule has 0 fully saturated rings. The summed E-state index contributed by atoms with van der Waals surface area (Å²) in [7, 11) is 3.98. The molecule has 25 heavy (non-hydrogen) atoms. The molecule has 0 bridgehead atoms. The number of benzene rings is 1. The fraction of sp³-hybridized carbons (Fsp3) is 0.353. The van der Waals surface area contributed by atoms with Crippen molar-refractivity contribution in [1.29, 1.82) is 0 Å². The maximum absolute atomic E-state index is 12.3. The maximum Gasteiger partial charge on any atom is 0.328 e. The second kappa shape index (κ2) is 8.18. The van der Waals surface area contributed by atoms with Crippen molar-refractivity contribution in [2.45, 2.75) is 19.0 Å². The lowest BCUT2D eigenvalue weighted by molar-refractivity contribution is -0.150. The Morgan fingerprint density at radius 1 is 1.12 bits per heavy atom. The van der Waals surface area contributed by atoms with E-state index in [4.69, 9.17) is 4.74 Å². The Balaban J connectivity index is 2.09. The fourth-order valence-corrected chi connectivity index (χ4v) is 2.42. The summed E-state index contributed by atoms with van der Waals surface area (Å²) in [6.45, 7) is -0.00943. The summed E-state index contributed by atoms with van der Waals surface area (Å²) in [6.07, 6.45) is 1.47. The number of nitrogens with one attached hydrogen (secondary N) is 1. The molecular weight excluding hydrogens is 328 g/mol. The molecule has 1 heterocycles. The van der Waals surface area contributed by atoms with E-state index < -0.39 is 23.9 Å². The Kier molecular flexibility index (Phi) is 5.99. The molecule has 8 heteroatoms. The molecule has 0 aliphatic heterocycles. The van der Waals surface area contributed by atoms with E-state index in [1.807, 2.05) is 18.2 Å². The molecule has 0 unspecified atom stereocenters. The topological polar surface area (TPSA) is 95.9 Å². The van der Waals surface area contributed by atoms with Crippen molar-refractivity contribution in [2.75, 3.05) is 21.3 Å². The minimum absolute atomic E-state index is 0.00943. The number of methoxy groups -OCH3 is 3. The number of hydrogen-bond acceptors (Lipinski definition) is 6. The van der Waals surface area contributed by atoms with Crippen LogP contribution in [0.1, 0.15) is 6.42 Å². The standard InChI is InChI=1S/C17H20N2O6/c1-23-12-4-5-14-11(8-12)6-7-19(14)10-15(20)18-13(17(22)25-3)9-16(21)24-2/h4-8,13H,9-10H2,1-3H3,(H,18,20)/t13-/m0/s1. The van der Waals surface area contributed by atoms with Gasteiger partial charge in [0.15, 0.2) is 0 Å². The molecular formula is C17H20N2O6. The van der Waals surface area contributed by atoms with Gasteiger partial charge in [0.1, 0.15) is 18.3 Å². The summed E-state index contributed by atoms with van der Waals surface area (Å²) >= 11 is 0. The summed E-state index contributed by atoms with van der Waals surface area (Å²) in [5.74, 6) is -1.03. The number of hydrogen-bond donors (Lipinski definition) is 1. The SMILES string of the molecule is COC(=O)C[C@H](NC(=O)Cn1ccc2cc(OC)ccc21)C(=O)OC. The van der Waals surface area contributed by atoms with Crippen molar-refractivity contribution >= 4 is 28.7 Å². The second-order valence-corrected chi connectivity index (χ2v) is 5.29. The highest BCUT2D eigenvalue weighted by molar-refractivity contribution is 5.89. The molecule has 134 valence electrons. The fourth-order valence-electron chi connectivity index (χ4n) is 2.42. The van der Waals surface area contributed by atoms with Gasteiger partial charge in [-0.1, -0.05) is 0 Å². The number of carbonyl (C=O) groups excluding carboxylic acids is 3. The molecule has 0 radical (unpaired) electrons. The van der Waals surface area contributed by atoms with Crippen LogP contribution in [0.5, 0.6) is 5.75 Å². The van der Waals surface area contributed by atoms with E-state index >= 15 is 0 Å². The number of carbonyl (C=O) groups is 3. The molecule has 8 nitrogen and oxygen atoms in total. The zero-order valence-electron chi connectivity index (χ0n) is 14.3. The Bertz CT molecular complexity index is 783. The Morgan fingerprint density at radius 3 is 2.52 bits per heavy atom. The van der Waals surface area contributed by atoms with Crippen molar-refractivity contribution in [1.82, 2.24) is 9.88 Å². The van der Waals surface area contributed by atoms with Crippen molar-refractivity contribution in [3.05, 3.63) is 30.5 Å². The van der Waals surface area contributed by atoms with Crippen LogP contribution in [-0.2, 0) is 30.4 Å². The Hall–Kier alpha value is -3.03. The zero-order valence-corrected chi connectivity index (χ0v) is 14.3. The van der Waals surface area contributed by atoms with E-state index in [1.165, 1.54) is 14.2 Å². The largest absolute Gasteiger partial charge is 0.497 e. The van der Waals surface area contributed by atoms with E-state index in [0.717, 1.165) is 16.7 Å². The first kappa shape index (κ1) is 18.3. The molecule has 0 aliphatic rings. The third-order valence-corrected chi connectivity index (χ3v) is 3.71. The van der Waals surface area contributed by atoms with Gasteiger partial charge >= 0.3 is 11.9 Å². The number of esters is 2. The minimum Gasteiger partial charge on any atom is -0.497 e. The van der Waals surface area contributed by atoms with E-state index in [2.05, 4.69) is 14.8 Å². The van der Waals surface area contributed by atoms with Crippen LogP contribution in [0.3, 0.4) is 0 Å². The number of aromatic nitrogens is 1. The number of fused-ring (bicyclic) bond motifs is 1. The van der Waals surface area contributed by atoms with Gasteiger partial charge < -0.3 is 24.1 Å². The van der Waals surface area contributed by atoms with E-state index in [1.54, 1.807) is 23.9 Å². The van der Waals surface area contributed by atoms with Crippen LogP contribution in [0, 0.1) is 0 Å². The molecule has 1 aromatic heterocycles. The lowest BCUT2D eigenvalue weighted by atomic mass is 10.2. The first-order valence-corrected chi connectivity index (χ1v) is 7.55. The average molecular weight is 348 g/mol. The van der Waals surface area contributed by atoms with Crippen LogP contribution in [-0.4, -0.2) is 49.8 Å². The summed E-state index contributed by atoms with van der Waals surface area (Å²) in [4.78, 5) is 35.4. The number of nitrogens with zero attached hydrogens (tertiary/aromatic N) is 1. The minimum atomic E-state index is -1.09. The van der Waals surface area contributed by atoms with Gasteiger partial charge in [-0.15, -0.1) is 0 Å². The maximum atomic E-state index is 12.3. The summed E-state index contributed by atoms with van der Waals surface area (Å²) < 4.78 is 16.0. The smallest absolute Gasteiger partial charge is 0.328 e. The molecule has 1 atom stereocenters. The first-order valence-electron chi connectivity index (χ1n) is 7.55. The van der Waals surface area contributed by atoms with Gasteiger partial charge in [-0.2, -0.15) is 0 Å². The van der Waals surface area contributed by atoms with Crippen molar-refractivity contribution < 1.29 is 28.6 Å². The second-order valence-electron chi connectivity index (χ2n) is 5.29. The summed E-state index contributed by atoms with van der Waals surface area (Å²) in [5.41, 5.74) is 0.846. The molecule has 0 saturated carbocycles. The van der Waals surface area contributed by atoms with E-state index in [9.17, 15) is 14.4 Å². The lowest BCUT2D eigenvalue weighted by Gasteiger charge is -2.16. The van der Waals surface area contributed by atoms with Gasteiger partial charge in [0.05, 0.1) is 27.8 Å². The molecule has 0 spiro atoms. The Morgan fingerprint density at radius 2 is 1.88 bits per heavy atom. The predicted molar refractivity (Wildman–Crippen MR) is 89.1 cm³/mol. The quantitative estimate of drug-likeness (QED) is 0.746. The molecule has 1 aromatic carbocycles. The van der Waals surface area contributed by atoms with Crippen LogP contribution < -0.4 is 10.1 Å². The van der Waals surface area contributed by atoms with Crippen LogP contribution in [0.25, 0.3) is 10.9 Å².